The smallest absolute Gasteiger partial charge is 0.245 e. The fourth-order valence-corrected chi connectivity index (χ4v) is 2.73. The second kappa shape index (κ2) is 5.42. The highest BCUT2D eigenvalue weighted by Crippen LogP contribution is 2.25. The third-order valence-corrected chi connectivity index (χ3v) is 3.97. The summed E-state index contributed by atoms with van der Waals surface area (Å²) in [5.74, 6) is 1.53. The van der Waals surface area contributed by atoms with Crippen molar-refractivity contribution in [2.24, 2.45) is 5.73 Å². The van der Waals surface area contributed by atoms with Gasteiger partial charge in [0, 0.05) is 29.7 Å². The molecule has 3 N–H and O–H groups in total. The molecular formula is C14H18ClN5. The van der Waals surface area contributed by atoms with E-state index in [9.17, 15) is 0 Å². The van der Waals surface area contributed by atoms with Crippen molar-refractivity contribution in [3.63, 3.8) is 0 Å². The molecule has 0 radical (unpaired) electrons. The van der Waals surface area contributed by atoms with Gasteiger partial charge in [-0.05, 0) is 43.5 Å². The van der Waals surface area contributed by atoms with Gasteiger partial charge in [-0.2, -0.15) is 4.98 Å². The molecule has 0 bridgehead atoms. The van der Waals surface area contributed by atoms with Gasteiger partial charge in [0.25, 0.3) is 0 Å². The van der Waals surface area contributed by atoms with Gasteiger partial charge >= 0.3 is 0 Å². The highest BCUT2D eigenvalue weighted by molar-refractivity contribution is 6.30. The molecule has 1 aliphatic heterocycles. The van der Waals surface area contributed by atoms with E-state index in [1.165, 1.54) is 0 Å². The lowest BCUT2D eigenvalue weighted by molar-refractivity contribution is 0.496. The topological polar surface area (TPSA) is 70.8 Å². The lowest BCUT2D eigenvalue weighted by Crippen LogP contribution is -2.40. The normalized spacial score (nSPS) is 16.6. The van der Waals surface area contributed by atoms with E-state index in [-0.39, 0.29) is 0 Å². The SMILES string of the molecule is Cc1cc(Cl)ccc1-c1nc(N2CCC(N)CC2)n[nH]1. The number of aromatic amines is 1. The third-order valence-electron chi connectivity index (χ3n) is 3.74. The number of aryl methyl sites for hydroxylation is 1. The predicted octanol–water partition coefficient (Wildman–Crippen LogP) is 2.36. The molecule has 0 unspecified atom stereocenters. The van der Waals surface area contributed by atoms with Gasteiger partial charge in [0.2, 0.25) is 5.95 Å². The molecular weight excluding hydrogens is 274 g/mol. The molecule has 5 nitrogen and oxygen atoms in total. The Kier molecular flexibility index (Phi) is 3.63. The van der Waals surface area contributed by atoms with Crippen LogP contribution in [0.15, 0.2) is 18.2 Å². The molecule has 2 aromatic rings. The van der Waals surface area contributed by atoms with E-state index in [0.29, 0.717) is 6.04 Å². The molecule has 0 spiro atoms. The summed E-state index contributed by atoms with van der Waals surface area (Å²) in [6.07, 6.45) is 1.98. The molecule has 0 aliphatic carbocycles. The maximum Gasteiger partial charge on any atom is 0.245 e. The Morgan fingerprint density at radius 1 is 1.35 bits per heavy atom. The number of rotatable bonds is 2. The first kappa shape index (κ1) is 13.4. The zero-order valence-electron chi connectivity index (χ0n) is 11.4. The van der Waals surface area contributed by atoms with Gasteiger partial charge in [-0.15, -0.1) is 5.10 Å². The van der Waals surface area contributed by atoms with Gasteiger partial charge in [0.1, 0.15) is 0 Å². The second-order valence-electron chi connectivity index (χ2n) is 5.27. The van der Waals surface area contributed by atoms with Crippen LogP contribution < -0.4 is 10.6 Å². The van der Waals surface area contributed by atoms with Crippen LogP contribution >= 0.6 is 11.6 Å². The summed E-state index contributed by atoms with van der Waals surface area (Å²) in [5, 5.41) is 8.07. The molecule has 0 atom stereocenters. The van der Waals surface area contributed by atoms with Crippen LogP contribution in [-0.4, -0.2) is 34.3 Å². The third kappa shape index (κ3) is 2.64. The summed E-state index contributed by atoms with van der Waals surface area (Å²) >= 11 is 5.98. The zero-order chi connectivity index (χ0) is 14.1. The first-order chi connectivity index (χ1) is 9.63. The number of H-pyrrole nitrogens is 1. The average molecular weight is 292 g/mol. The van der Waals surface area contributed by atoms with Crippen LogP contribution in [0.2, 0.25) is 5.02 Å². The van der Waals surface area contributed by atoms with Crippen molar-refractivity contribution >= 4 is 17.5 Å². The maximum absolute atomic E-state index is 5.98. The lowest BCUT2D eigenvalue weighted by atomic mass is 10.1. The molecule has 2 heterocycles. The van der Waals surface area contributed by atoms with E-state index < -0.39 is 0 Å². The molecule has 0 saturated carbocycles. The molecule has 1 aliphatic rings. The van der Waals surface area contributed by atoms with Crippen molar-refractivity contribution < 1.29 is 0 Å². The minimum Gasteiger partial charge on any atom is -0.339 e. The number of nitrogens with two attached hydrogens (primary N) is 1. The Balaban J connectivity index is 1.83. The summed E-state index contributed by atoms with van der Waals surface area (Å²) in [5.41, 5.74) is 8.03. The number of hydrogen-bond acceptors (Lipinski definition) is 4. The predicted molar refractivity (Wildman–Crippen MR) is 81.0 cm³/mol. The number of benzene rings is 1. The summed E-state index contributed by atoms with van der Waals surface area (Å²) in [6.45, 7) is 3.85. The zero-order valence-corrected chi connectivity index (χ0v) is 12.2. The van der Waals surface area contributed by atoms with Crippen LogP contribution in [-0.2, 0) is 0 Å². The average Bonchev–Trinajstić information content (AvgIpc) is 2.89. The van der Waals surface area contributed by atoms with Gasteiger partial charge in [0.15, 0.2) is 5.82 Å². The molecule has 1 fully saturated rings. The molecule has 1 aromatic carbocycles. The van der Waals surface area contributed by atoms with Gasteiger partial charge in [-0.3, -0.25) is 5.10 Å². The second-order valence-corrected chi connectivity index (χ2v) is 5.70. The van der Waals surface area contributed by atoms with Crippen molar-refractivity contribution in [2.75, 3.05) is 18.0 Å². The molecule has 20 heavy (non-hydrogen) atoms. The van der Waals surface area contributed by atoms with E-state index in [0.717, 1.165) is 53.9 Å². The Hall–Kier alpha value is -1.59. The van der Waals surface area contributed by atoms with Crippen LogP contribution in [0.5, 0.6) is 0 Å². The minimum atomic E-state index is 0.308. The molecule has 0 amide bonds. The number of halogens is 1. The van der Waals surface area contributed by atoms with Crippen molar-refractivity contribution in [1.82, 2.24) is 15.2 Å². The highest BCUT2D eigenvalue weighted by Gasteiger charge is 2.20. The van der Waals surface area contributed by atoms with Crippen LogP contribution in [0, 0.1) is 6.92 Å². The monoisotopic (exact) mass is 291 g/mol. The van der Waals surface area contributed by atoms with Gasteiger partial charge < -0.3 is 10.6 Å². The summed E-state index contributed by atoms with van der Waals surface area (Å²) in [7, 11) is 0. The van der Waals surface area contributed by atoms with Gasteiger partial charge in [-0.1, -0.05) is 11.6 Å². The lowest BCUT2D eigenvalue weighted by Gasteiger charge is -2.28. The minimum absolute atomic E-state index is 0.308. The standard InChI is InChI=1S/C14H18ClN5/c1-9-8-10(15)2-3-12(9)13-17-14(19-18-13)20-6-4-11(16)5-7-20/h2-3,8,11H,4-7,16H2,1H3,(H,17,18,19). The summed E-state index contributed by atoms with van der Waals surface area (Å²) < 4.78 is 0. The number of piperidine rings is 1. The molecule has 1 saturated heterocycles. The fraction of sp³-hybridized carbons (Fsp3) is 0.429. The Morgan fingerprint density at radius 3 is 2.80 bits per heavy atom. The molecule has 1 aromatic heterocycles. The first-order valence-corrected chi connectivity index (χ1v) is 7.21. The van der Waals surface area contributed by atoms with Crippen molar-refractivity contribution in [1.29, 1.82) is 0 Å². The molecule has 6 heteroatoms. The highest BCUT2D eigenvalue weighted by atomic mass is 35.5. The summed E-state index contributed by atoms with van der Waals surface area (Å²) in [4.78, 5) is 6.77. The van der Waals surface area contributed by atoms with E-state index in [2.05, 4.69) is 20.1 Å². The van der Waals surface area contributed by atoms with Gasteiger partial charge in [0.05, 0.1) is 0 Å². The number of anilines is 1. The van der Waals surface area contributed by atoms with E-state index in [1.54, 1.807) is 0 Å². The number of nitrogens with one attached hydrogen (secondary N) is 1. The fourth-order valence-electron chi connectivity index (χ4n) is 2.51. The van der Waals surface area contributed by atoms with Crippen molar-refractivity contribution in [2.45, 2.75) is 25.8 Å². The number of nitrogens with zero attached hydrogens (tertiary/aromatic N) is 3. The quantitative estimate of drug-likeness (QED) is 0.891. The van der Waals surface area contributed by atoms with E-state index >= 15 is 0 Å². The Bertz CT molecular complexity index is 601. The van der Waals surface area contributed by atoms with Crippen LogP contribution in [0.25, 0.3) is 11.4 Å². The molecule has 106 valence electrons. The molecule has 3 rings (SSSR count). The van der Waals surface area contributed by atoms with Crippen molar-refractivity contribution in [3.05, 3.63) is 28.8 Å². The summed E-state index contributed by atoms with van der Waals surface area (Å²) in [6, 6.07) is 6.07. The van der Waals surface area contributed by atoms with Gasteiger partial charge in [-0.25, -0.2) is 0 Å². The number of hydrogen-bond donors (Lipinski definition) is 2. The van der Waals surface area contributed by atoms with Crippen molar-refractivity contribution in [3.8, 4) is 11.4 Å². The van der Waals surface area contributed by atoms with Crippen LogP contribution in [0.1, 0.15) is 18.4 Å². The maximum atomic E-state index is 5.98. The first-order valence-electron chi connectivity index (χ1n) is 6.83. The Labute approximate surface area is 123 Å². The number of aromatic nitrogens is 3. The van der Waals surface area contributed by atoms with E-state index in [4.69, 9.17) is 17.3 Å². The largest absolute Gasteiger partial charge is 0.339 e. The van der Waals surface area contributed by atoms with Crippen LogP contribution in [0.3, 0.4) is 0 Å². The van der Waals surface area contributed by atoms with E-state index in [1.807, 2.05) is 25.1 Å². The van der Waals surface area contributed by atoms with Crippen LogP contribution in [0.4, 0.5) is 5.95 Å². The Morgan fingerprint density at radius 2 is 2.10 bits per heavy atom.